The Morgan fingerprint density at radius 2 is 1.77 bits per heavy atom. The Bertz CT molecular complexity index is 1230. The number of benzene rings is 1. The lowest BCUT2D eigenvalue weighted by atomic mass is 9.80. The van der Waals surface area contributed by atoms with Crippen molar-refractivity contribution in [2.75, 3.05) is 13.1 Å². The number of thiophene rings is 1. The summed E-state index contributed by atoms with van der Waals surface area (Å²) in [6.07, 6.45) is 11.9. The van der Waals surface area contributed by atoms with E-state index in [2.05, 4.69) is 27.7 Å². The molecule has 7 heteroatoms. The molecule has 2 aliphatic carbocycles. The topological polar surface area (TPSA) is 74.6 Å². The largest absolute Gasteiger partial charge is 0.468 e. The van der Waals surface area contributed by atoms with Crippen molar-refractivity contribution in [3.05, 3.63) is 81.9 Å². The summed E-state index contributed by atoms with van der Waals surface area (Å²) < 4.78 is 5.76. The number of rotatable bonds is 10. The molecule has 3 aromatic rings. The summed E-state index contributed by atoms with van der Waals surface area (Å²) in [5.41, 5.74) is 1.53. The van der Waals surface area contributed by atoms with Crippen molar-refractivity contribution in [1.82, 2.24) is 15.5 Å². The number of nitrogens with one attached hydrogen (secondary N) is 2. The van der Waals surface area contributed by atoms with Gasteiger partial charge in [-0.2, -0.15) is 0 Å². The van der Waals surface area contributed by atoms with Crippen molar-refractivity contribution in [3.8, 4) is 0 Å². The van der Waals surface area contributed by atoms with Gasteiger partial charge >= 0.3 is 0 Å². The van der Waals surface area contributed by atoms with Gasteiger partial charge in [0, 0.05) is 23.0 Å². The van der Waals surface area contributed by atoms with Crippen LogP contribution in [-0.4, -0.2) is 35.8 Å². The standard InChI is InChI=1S/C32H39N3O3S/c36-31(34-19-9-18-33-29(22-10-1-2-11-22)26-16-7-20-38-26)28-24-14-5-6-15-25(24)32(37)35(23-12-3-4-13-23)30(28)27-17-8-21-39-27/h5-8,14-17,20-23,28-30,33H,1-4,9-13,18-19H2,(H,34,36). The lowest BCUT2D eigenvalue weighted by Crippen LogP contribution is -2.50. The maximum atomic E-state index is 13.9. The van der Waals surface area contributed by atoms with E-state index < -0.39 is 5.92 Å². The molecule has 3 heterocycles. The molecule has 2 amide bonds. The fourth-order valence-electron chi connectivity index (χ4n) is 7.11. The molecule has 0 spiro atoms. The van der Waals surface area contributed by atoms with Crippen LogP contribution in [0.25, 0.3) is 0 Å². The number of fused-ring (bicyclic) bond motifs is 1. The van der Waals surface area contributed by atoms with Crippen LogP contribution in [-0.2, 0) is 4.79 Å². The van der Waals surface area contributed by atoms with Crippen molar-refractivity contribution in [2.45, 2.75) is 81.8 Å². The first-order chi connectivity index (χ1) is 19.2. The Morgan fingerprint density at radius 3 is 2.51 bits per heavy atom. The van der Waals surface area contributed by atoms with E-state index in [1.54, 1.807) is 17.6 Å². The molecule has 2 N–H and O–H groups in total. The first kappa shape index (κ1) is 26.3. The van der Waals surface area contributed by atoms with Gasteiger partial charge in [0.15, 0.2) is 0 Å². The molecular weight excluding hydrogens is 506 g/mol. The van der Waals surface area contributed by atoms with Crippen LogP contribution in [0, 0.1) is 5.92 Å². The summed E-state index contributed by atoms with van der Waals surface area (Å²) in [4.78, 5) is 30.9. The number of furan rings is 1. The summed E-state index contributed by atoms with van der Waals surface area (Å²) in [6, 6.07) is 16.0. The highest BCUT2D eigenvalue weighted by molar-refractivity contribution is 7.10. The number of nitrogens with zero attached hydrogens (tertiary/aromatic N) is 1. The first-order valence-corrected chi connectivity index (χ1v) is 15.6. The van der Waals surface area contributed by atoms with Gasteiger partial charge in [0.25, 0.3) is 5.91 Å². The van der Waals surface area contributed by atoms with Crippen LogP contribution in [0.2, 0.25) is 0 Å². The van der Waals surface area contributed by atoms with Crippen molar-refractivity contribution in [1.29, 1.82) is 0 Å². The lowest BCUT2D eigenvalue weighted by molar-refractivity contribution is -0.124. The highest BCUT2D eigenvalue weighted by Crippen LogP contribution is 2.47. The van der Waals surface area contributed by atoms with Crippen LogP contribution in [0.5, 0.6) is 0 Å². The van der Waals surface area contributed by atoms with Gasteiger partial charge in [0.2, 0.25) is 5.91 Å². The van der Waals surface area contributed by atoms with Gasteiger partial charge in [-0.1, -0.05) is 49.9 Å². The summed E-state index contributed by atoms with van der Waals surface area (Å²) in [6.45, 7) is 1.40. The normalized spacial score (nSPS) is 22.8. The predicted molar refractivity (Wildman–Crippen MR) is 154 cm³/mol. The molecule has 2 aromatic heterocycles. The Morgan fingerprint density at radius 1 is 0.974 bits per heavy atom. The lowest BCUT2D eigenvalue weighted by Gasteiger charge is -2.44. The molecule has 1 aromatic carbocycles. The molecule has 2 fully saturated rings. The summed E-state index contributed by atoms with van der Waals surface area (Å²) >= 11 is 1.64. The van der Waals surface area contributed by atoms with E-state index in [1.807, 2.05) is 41.8 Å². The maximum absolute atomic E-state index is 13.9. The van der Waals surface area contributed by atoms with Crippen molar-refractivity contribution in [3.63, 3.8) is 0 Å². The monoisotopic (exact) mass is 545 g/mol. The molecule has 2 saturated carbocycles. The molecule has 3 atom stereocenters. The summed E-state index contributed by atoms with van der Waals surface area (Å²) in [5.74, 6) is 1.28. The molecule has 39 heavy (non-hydrogen) atoms. The van der Waals surface area contributed by atoms with Gasteiger partial charge in [-0.25, -0.2) is 0 Å². The Hall–Kier alpha value is -2.90. The number of amides is 2. The zero-order chi connectivity index (χ0) is 26.6. The van der Waals surface area contributed by atoms with Crippen LogP contribution >= 0.6 is 11.3 Å². The van der Waals surface area contributed by atoms with Crippen molar-refractivity contribution in [2.24, 2.45) is 5.92 Å². The predicted octanol–water partition coefficient (Wildman–Crippen LogP) is 6.59. The molecular formula is C32H39N3O3S. The summed E-state index contributed by atoms with van der Waals surface area (Å²) in [5, 5.41) is 9.02. The van der Waals surface area contributed by atoms with Gasteiger partial charge in [0.05, 0.1) is 24.3 Å². The number of hydrogen-bond acceptors (Lipinski definition) is 5. The third-order valence-corrected chi connectivity index (χ3v) is 9.89. The van der Waals surface area contributed by atoms with E-state index in [4.69, 9.17) is 4.42 Å². The second kappa shape index (κ2) is 12.1. The number of hydrogen-bond donors (Lipinski definition) is 2. The Kier molecular flexibility index (Phi) is 8.16. The molecule has 0 radical (unpaired) electrons. The minimum atomic E-state index is -0.416. The second-order valence-electron chi connectivity index (χ2n) is 11.3. The van der Waals surface area contributed by atoms with Gasteiger partial charge in [-0.3, -0.25) is 9.59 Å². The highest BCUT2D eigenvalue weighted by atomic mass is 32.1. The van der Waals surface area contributed by atoms with Crippen LogP contribution in [0.1, 0.15) is 102 Å². The molecule has 0 saturated heterocycles. The molecule has 6 nitrogen and oxygen atoms in total. The van der Waals surface area contributed by atoms with Gasteiger partial charge in [0.1, 0.15) is 5.76 Å². The minimum absolute atomic E-state index is 0.00900. The van der Waals surface area contributed by atoms with Crippen molar-refractivity contribution < 1.29 is 14.0 Å². The third kappa shape index (κ3) is 5.44. The zero-order valence-corrected chi connectivity index (χ0v) is 23.3. The van der Waals surface area contributed by atoms with E-state index in [-0.39, 0.29) is 29.9 Å². The number of carbonyl (C=O) groups is 2. The average Bonchev–Trinajstić information content (AvgIpc) is 3.78. The summed E-state index contributed by atoms with van der Waals surface area (Å²) in [7, 11) is 0. The van der Waals surface area contributed by atoms with Crippen molar-refractivity contribution >= 4 is 23.2 Å². The minimum Gasteiger partial charge on any atom is -0.468 e. The molecule has 3 aliphatic rings. The highest BCUT2D eigenvalue weighted by Gasteiger charge is 2.47. The van der Waals surface area contributed by atoms with Crippen LogP contribution in [0.4, 0.5) is 0 Å². The van der Waals surface area contributed by atoms with E-state index in [0.717, 1.165) is 54.8 Å². The molecule has 6 rings (SSSR count). The van der Waals surface area contributed by atoms with Gasteiger partial charge in [-0.15, -0.1) is 11.3 Å². The fraction of sp³-hybridized carbons (Fsp3) is 0.500. The van der Waals surface area contributed by atoms with Crippen LogP contribution < -0.4 is 10.6 Å². The molecule has 0 bridgehead atoms. The smallest absolute Gasteiger partial charge is 0.254 e. The quantitative estimate of drug-likeness (QED) is 0.282. The van der Waals surface area contributed by atoms with E-state index in [0.29, 0.717) is 18.0 Å². The van der Waals surface area contributed by atoms with Gasteiger partial charge in [-0.05, 0) is 79.8 Å². The molecule has 1 aliphatic heterocycles. The molecule has 3 unspecified atom stereocenters. The van der Waals surface area contributed by atoms with Crippen LogP contribution in [0.15, 0.2) is 64.6 Å². The Labute approximate surface area is 235 Å². The van der Waals surface area contributed by atoms with E-state index >= 15 is 0 Å². The maximum Gasteiger partial charge on any atom is 0.254 e. The first-order valence-electron chi connectivity index (χ1n) is 14.7. The van der Waals surface area contributed by atoms with E-state index in [1.165, 1.54) is 25.7 Å². The average molecular weight is 546 g/mol. The van der Waals surface area contributed by atoms with E-state index in [9.17, 15) is 9.59 Å². The zero-order valence-electron chi connectivity index (χ0n) is 22.5. The third-order valence-electron chi connectivity index (χ3n) is 8.95. The van der Waals surface area contributed by atoms with Gasteiger partial charge < -0.3 is 20.0 Å². The number of carbonyl (C=O) groups excluding carboxylic acids is 2. The second-order valence-corrected chi connectivity index (χ2v) is 12.3. The molecule has 206 valence electrons. The SMILES string of the molecule is O=C(NCCCNC(c1ccco1)C1CCCC1)C1c2ccccc2C(=O)N(C2CCCC2)C1c1cccs1. The Balaban J connectivity index is 1.16. The van der Waals surface area contributed by atoms with Crippen LogP contribution in [0.3, 0.4) is 0 Å². The fourth-order valence-corrected chi connectivity index (χ4v) is 7.97.